The summed E-state index contributed by atoms with van der Waals surface area (Å²) in [4.78, 5) is 35.6. The Bertz CT molecular complexity index is 888. The zero-order valence-corrected chi connectivity index (χ0v) is 16.6. The van der Waals surface area contributed by atoms with E-state index in [1.165, 1.54) is 19.2 Å². The molecule has 28 heavy (non-hydrogen) atoms. The second kappa shape index (κ2) is 7.85. The first-order valence-electron chi connectivity index (χ1n) is 10.2. The predicted molar refractivity (Wildman–Crippen MR) is 104 cm³/mol. The number of carbonyl (C=O) groups excluding carboxylic acids is 2. The maximum absolute atomic E-state index is 12.8. The second-order valence-electron chi connectivity index (χ2n) is 8.10. The monoisotopic (exact) mass is 384 g/mol. The van der Waals surface area contributed by atoms with Crippen molar-refractivity contribution in [2.75, 3.05) is 19.6 Å². The number of hydrogen-bond donors (Lipinski definition) is 1. The van der Waals surface area contributed by atoms with Crippen molar-refractivity contribution in [2.45, 2.75) is 52.4 Å². The molecule has 4 rings (SSSR count). The van der Waals surface area contributed by atoms with Gasteiger partial charge in [-0.05, 0) is 57.4 Å². The Hall–Kier alpha value is -2.51. The van der Waals surface area contributed by atoms with Crippen molar-refractivity contribution in [1.82, 2.24) is 29.8 Å². The highest BCUT2D eigenvalue weighted by Gasteiger charge is 2.29. The third-order valence-corrected chi connectivity index (χ3v) is 5.98. The molecular formula is C20H28N6O2. The van der Waals surface area contributed by atoms with E-state index in [1.807, 2.05) is 18.7 Å². The number of aromatic nitrogens is 4. The van der Waals surface area contributed by atoms with Crippen molar-refractivity contribution in [3.8, 4) is 0 Å². The fourth-order valence-electron chi connectivity index (χ4n) is 4.04. The van der Waals surface area contributed by atoms with E-state index in [9.17, 15) is 9.59 Å². The Morgan fingerprint density at radius 3 is 2.86 bits per heavy atom. The molecule has 2 aromatic heterocycles. The molecule has 3 heterocycles. The molecule has 2 aliphatic rings. The molecule has 2 aromatic rings. The second-order valence-corrected chi connectivity index (χ2v) is 8.10. The van der Waals surface area contributed by atoms with Crippen LogP contribution in [-0.4, -0.2) is 55.9 Å². The van der Waals surface area contributed by atoms with Crippen LogP contribution in [0.4, 0.5) is 0 Å². The van der Waals surface area contributed by atoms with Crippen LogP contribution in [-0.2, 0) is 16.0 Å². The van der Waals surface area contributed by atoms with Gasteiger partial charge in [-0.25, -0.2) is 9.50 Å². The van der Waals surface area contributed by atoms with Crippen molar-refractivity contribution in [3.05, 3.63) is 23.3 Å². The molecule has 0 spiro atoms. The van der Waals surface area contributed by atoms with Crippen molar-refractivity contribution < 1.29 is 9.59 Å². The van der Waals surface area contributed by atoms with Crippen molar-refractivity contribution >= 4 is 17.6 Å². The maximum atomic E-state index is 12.8. The fourth-order valence-corrected chi connectivity index (χ4v) is 4.04. The number of piperidine rings is 1. The number of carbonyl (C=O) groups is 2. The van der Waals surface area contributed by atoms with Gasteiger partial charge in [0.25, 0.3) is 5.78 Å². The van der Waals surface area contributed by atoms with Crippen LogP contribution in [0.3, 0.4) is 0 Å². The summed E-state index contributed by atoms with van der Waals surface area (Å²) in [5.74, 6) is 1.40. The lowest BCUT2D eigenvalue weighted by molar-refractivity contribution is -0.135. The molecule has 0 bridgehead atoms. The highest BCUT2D eigenvalue weighted by Crippen LogP contribution is 2.28. The summed E-state index contributed by atoms with van der Waals surface area (Å²) in [7, 11) is 0. The van der Waals surface area contributed by atoms with Crippen LogP contribution >= 0.6 is 0 Å². The summed E-state index contributed by atoms with van der Waals surface area (Å²) in [6.45, 7) is 6.00. The number of rotatable bonds is 6. The van der Waals surface area contributed by atoms with E-state index in [2.05, 4.69) is 20.4 Å². The summed E-state index contributed by atoms with van der Waals surface area (Å²) in [5.41, 5.74) is 2.91. The van der Waals surface area contributed by atoms with Gasteiger partial charge in [0.05, 0.1) is 5.92 Å². The Balaban J connectivity index is 1.35. The van der Waals surface area contributed by atoms with Gasteiger partial charge in [-0.1, -0.05) is 0 Å². The van der Waals surface area contributed by atoms with E-state index in [0.717, 1.165) is 42.9 Å². The zero-order chi connectivity index (χ0) is 19.7. The lowest BCUT2D eigenvalue weighted by atomic mass is 9.96. The molecule has 1 saturated carbocycles. The SMILES string of the molecule is Cc1nc2ncnn2c(C)c1CCC(=O)N1CCC[C@@H](C(=O)NCC2CC2)C1. The van der Waals surface area contributed by atoms with E-state index >= 15 is 0 Å². The zero-order valence-electron chi connectivity index (χ0n) is 16.6. The highest BCUT2D eigenvalue weighted by atomic mass is 16.2. The largest absolute Gasteiger partial charge is 0.356 e. The van der Waals surface area contributed by atoms with E-state index in [0.29, 0.717) is 31.1 Å². The van der Waals surface area contributed by atoms with Gasteiger partial charge in [-0.2, -0.15) is 10.1 Å². The van der Waals surface area contributed by atoms with Gasteiger partial charge in [0.2, 0.25) is 11.8 Å². The molecule has 2 fully saturated rings. The van der Waals surface area contributed by atoms with Gasteiger partial charge in [0.15, 0.2) is 0 Å². The van der Waals surface area contributed by atoms with Crippen molar-refractivity contribution in [1.29, 1.82) is 0 Å². The van der Waals surface area contributed by atoms with Gasteiger partial charge in [0, 0.05) is 37.4 Å². The minimum absolute atomic E-state index is 0.0758. The molecule has 1 N–H and O–H groups in total. The number of nitrogens with zero attached hydrogens (tertiary/aromatic N) is 5. The molecule has 150 valence electrons. The molecule has 0 aromatic carbocycles. The molecule has 8 heteroatoms. The molecule has 0 radical (unpaired) electrons. The fraction of sp³-hybridized carbons (Fsp3) is 0.650. The van der Waals surface area contributed by atoms with Crippen molar-refractivity contribution in [3.63, 3.8) is 0 Å². The molecule has 0 unspecified atom stereocenters. The number of hydrogen-bond acceptors (Lipinski definition) is 5. The number of amides is 2. The van der Waals surface area contributed by atoms with E-state index < -0.39 is 0 Å². The quantitative estimate of drug-likeness (QED) is 0.814. The average Bonchev–Trinajstić information content (AvgIpc) is 3.41. The van der Waals surface area contributed by atoms with Crippen LogP contribution in [0.25, 0.3) is 5.78 Å². The number of likely N-dealkylation sites (tertiary alicyclic amines) is 1. The molecule has 1 saturated heterocycles. The van der Waals surface area contributed by atoms with Gasteiger partial charge in [-0.3, -0.25) is 9.59 Å². The van der Waals surface area contributed by atoms with Gasteiger partial charge < -0.3 is 10.2 Å². The summed E-state index contributed by atoms with van der Waals surface area (Å²) in [6.07, 6.45) is 6.73. The molecule has 2 amide bonds. The molecule has 1 aliphatic carbocycles. The Labute approximate surface area is 164 Å². The smallest absolute Gasteiger partial charge is 0.252 e. The van der Waals surface area contributed by atoms with Gasteiger partial charge in [0.1, 0.15) is 6.33 Å². The lowest BCUT2D eigenvalue weighted by Gasteiger charge is -2.32. The molecule has 8 nitrogen and oxygen atoms in total. The van der Waals surface area contributed by atoms with Crippen molar-refractivity contribution in [2.24, 2.45) is 11.8 Å². The van der Waals surface area contributed by atoms with Crippen LogP contribution in [0.5, 0.6) is 0 Å². The Morgan fingerprint density at radius 1 is 1.25 bits per heavy atom. The van der Waals surface area contributed by atoms with Crippen LogP contribution in [0.1, 0.15) is 49.1 Å². The number of nitrogens with one attached hydrogen (secondary N) is 1. The minimum Gasteiger partial charge on any atom is -0.356 e. The number of aryl methyl sites for hydroxylation is 2. The minimum atomic E-state index is -0.0758. The highest BCUT2D eigenvalue weighted by molar-refractivity contribution is 5.81. The van der Waals surface area contributed by atoms with Crippen LogP contribution in [0, 0.1) is 25.7 Å². The summed E-state index contributed by atoms with van der Waals surface area (Å²) >= 11 is 0. The average molecular weight is 384 g/mol. The Kier molecular flexibility index (Phi) is 5.28. The molecule has 1 atom stereocenters. The standard InChI is InChI=1S/C20H28N6O2/c1-13-17(14(2)26-20(24-13)22-12-23-26)7-8-18(27)25-9-3-4-16(11-25)19(28)21-10-15-5-6-15/h12,15-16H,3-11H2,1-2H3,(H,21,28)/t16-/m1/s1. The Morgan fingerprint density at radius 2 is 2.07 bits per heavy atom. The summed E-state index contributed by atoms with van der Waals surface area (Å²) < 4.78 is 1.72. The van der Waals surface area contributed by atoms with E-state index in [1.54, 1.807) is 4.52 Å². The normalized spacial score (nSPS) is 19.8. The first kappa shape index (κ1) is 18.8. The summed E-state index contributed by atoms with van der Waals surface area (Å²) in [5, 5.41) is 7.26. The predicted octanol–water partition coefficient (Wildman–Crippen LogP) is 1.44. The van der Waals surface area contributed by atoms with Gasteiger partial charge in [-0.15, -0.1) is 0 Å². The maximum Gasteiger partial charge on any atom is 0.252 e. The summed E-state index contributed by atoms with van der Waals surface area (Å²) in [6, 6.07) is 0. The van der Waals surface area contributed by atoms with E-state index in [-0.39, 0.29) is 17.7 Å². The number of fused-ring (bicyclic) bond motifs is 1. The third kappa shape index (κ3) is 4.00. The third-order valence-electron chi connectivity index (χ3n) is 5.98. The topological polar surface area (TPSA) is 92.5 Å². The van der Waals surface area contributed by atoms with Crippen LogP contribution in [0.15, 0.2) is 6.33 Å². The van der Waals surface area contributed by atoms with Crippen LogP contribution in [0.2, 0.25) is 0 Å². The van der Waals surface area contributed by atoms with Gasteiger partial charge >= 0.3 is 0 Å². The first-order chi connectivity index (χ1) is 13.5. The van der Waals surface area contributed by atoms with Crippen LogP contribution < -0.4 is 5.32 Å². The first-order valence-corrected chi connectivity index (χ1v) is 10.2. The lowest BCUT2D eigenvalue weighted by Crippen LogP contribution is -2.45. The molecular weight excluding hydrogens is 356 g/mol. The molecule has 1 aliphatic heterocycles. The van der Waals surface area contributed by atoms with E-state index in [4.69, 9.17) is 0 Å².